The molecule has 90 valence electrons. The Balaban J connectivity index is 2.34. The van der Waals surface area contributed by atoms with E-state index < -0.39 is 5.97 Å². The standard InChI is InChI=1S/C12H15N3O2/c1-2-3-4-8-15-10-7-5-6-9(12(16)17)11(10)13-14-15/h5-7H,2-4,8H2,1H3,(H,16,17). The number of unbranched alkanes of at least 4 members (excludes halogenated alkanes) is 2. The van der Waals surface area contributed by atoms with Gasteiger partial charge < -0.3 is 5.11 Å². The molecule has 0 saturated carbocycles. The van der Waals surface area contributed by atoms with Crippen LogP contribution in [0.2, 0.25) is 0 Å². The largest absolute Gasteiger partial charge is 0.478 e. The fourth-order valence-corrected chi connectivity index (χ4v) is 1.84. The minimum atomic E-state index is -0.962. The number of carboxylic acid groups (broad SMARTS) is 1. The molecule has 1 aromatic heterocycles. The second-order valence-corrected chi connectivity index (χ2v) is 4.00. The van der Waals surface area contributed by atoms with E-state index in [1.807, 2.05) is 6.07 Å². The number of hydrogen-bond acceptors (Lipinski definition) is 3. The van der Waals surface area contributed by atoms with Gasteiger partial charge in [-0.15, -0.1) is 5.10 Å². The van der Waals surface area contributed by atoms with E-state index in [1.54, 1.807) is 16.8 Å². The lowest BCUT2D eigenvalue weighted by Gasteiger charge is -2.01. The van der Waals surface area contributed by atoms with Gasteiger partial charge in [-0.25, -0.2) is 9.48 Å². The molecular weight excluding hydrogens is 218 g/mol. The molecule has 0 saturated heterocycles. The van der Waals surface area contributed by atoms with Gasteiger partial charge in [0.15, 0.2) is 0 Å². The van der Waals surface area contributed by atoms with Crippen molar-refractivity contribution in [2.75, 3.05) is 0 Å². The lowest BCUT2D eigenvalue weighted by molar-refractivity contribution is 0.0699. The van der Waals surface area contributed by atoms with Crippen LogP contribution in [0.3, 0.4) is 0 Å². The first kappa shape index (κ1) is 11.6. The molecule has 0 aliphatic carbocycles. The van der Waals surface area contributed by atoms with Crippen LogP contribution < -0.4 is 0 Å². The summed E-state index contributed by atoms with van der Waals surface area (Å²) >= 11 is 0. The monoisotopic (exact) mass is 233 g/mol. The first-order chi connectivity index (χ1) is 8.24. The Morgan fingerprint density at radius 2 is 2.24 bits per heavy atom. The number of carbonyl (C=O) groups is 1. The van der Waals surface area contributed by atoms with Gasteiger partial charge in [-0.2, -0.15) is 0 Å². The summed E-state index contributed by atoms with van der Waals surface area (Å²) in [5.41, 5.74) is 1.47. The summed E-state index contributed by atoms with van der Waals surface area (Å²) in [5.74, 6) is -0.962. The third-order valence-electron chi connectivity index (χ3n) is 2.75. The predicted molar refractivity (Wildman–Crippen MR) is 64.0 cm³/mol. The van der Waals surface area contributed by atoms with Crippen molar-refractivity contribution in [3.05, 3.63) is 23.8 Å². The molecule has 0 spiro atoms. The normalized spacial score (nSPS) is 10.9. The Labute approximate surface area is 99.1 Å². The van der Waals surface area contributed by atoms with Gasteiger partial charge in [0.2, 0.25) is 0 Å². The Morgan fingerprint density at radius 1 is 1.41 bits per heavy atom. The van der Waals surface area contributed by atoms with Crippen molar-refractivity contribution in [2.45, 2.75) is 32.7 Å². The molecule has 0 fully saturated rings. The number of nitrogens with zero attached hydrogens (tertiary/aromatic N) is 3. The van der Waals surface area contributed by atoms with Crippen LogP contribution in [0.1, 0.15) is 36.5 Å². The Hall–Kier alpha value is -1.91. The molecule has 0 unspecified atom stereocenters. The number of carboxylic acids is 1. The molecule has 1 N–H and O–H groups in total. The highest BCUT2D eigenvalue weighted by Gasteiger charge is 2.13. The molecular formula is C12H15N3O2. The number of aryl methyl sites for hydroxylation is 1. The summed E-state index contributed by atoms with van der Waals surface area (Å²) in [7, 11) is 0. The van der Waals surface area contributed by atoms with Gasteiger partial charge in [0.25, 0.3) is 0 Å². The summed E-state index contributed by atoms with van der Waals surface area (Å²) in [6.07, 6.45) is 3.32. The lowest BCUT2D eigenvalue weighted by Crippen LogP contribution is -2.00. The number of aromatic carboxylic acids is 1. The summed E-state index contributed by atoms with van der Waals surface area (Å²) in [4.78, 5) is 11.0. The first-order valence-corrected chi connectivity index (χ1v) is 5.79. The zero-order valence-corrected chi connectivity index (χ0v) is 9.76. The molecule has 2 aromatic rings. The van der Waals surface area contributed by atoms with Gasteiger partial charge in [-0.1, -0.05) is 31.0 Å². The molecule has 0 amide bonds. The van der Waals surface area contributed by atoms with Crippen LogP contribution in [0, 0.1) is 0 Å². The Morgan fingerprint density at radius 3 is 2.94 bits per heavy atom. The molecule has 0 bridgehead atoms. The van der Waals surface area contributed by atoms with Crippen LogP contribution >= 0.6 is 0 Å². The lowest BCUT2D eigenvalue weighted by atomic mass is 10.2. The van der Waals surface area contributed by atoms with Crippen molar-refractivity contribution in [2.24, 2.45) is 0 Å². The van der Waals surface area contributed by atoms with Gasteiger partial charge in [-0.3, -0.25) is 0 Å². The van der Waals surface area contributed by atoms with Crippen molar-refractivity contribution in [1.82, 2.24) is 15.0 Å². The number of rotatable bonds is 5. The molecule has 1 aromatic carbocycles. The third kappa shape index (κ3) is 2.27. The second kappa shape index (κ2) is 4.95. The smallest absolute Gasteiger partial charge is 0.338 e. The van der Waals surface area contributed by atoms with Crippen LogP contribution in [0.15, 0.2) is 18.2 Å². The molecule has 5 nitrogen and oxygen atoms in total. The maximum absolute atomic E-state index is 11.0. The van der Waals surface area contributed by atoms with Crippen molar-refractivity contribution in [3.63, 3.8) is 0 Å². The highest BCUT2D eigenvalue weighted by molar-refractivity contribution is 6.00. The van der Waals surface area contributed by atoms with E-state index in [2.05, 4.69) is 17.2 Å². The molecule has 17 heavy (non-hydrogen) atoms. The fourth-order valence-electron chi connectivity index (χ4n) is 1.84. The van der Waals surface area contributed by atoms with Gasteiger partial charge in [0, 0.05) is 6.54 Å². The van der Waals surface area contributed by atoms with Gasteiger partial charge >= 0.3 is 5.97 Å². The quantitative estimate of drug-likeness (QED) is 0.805. The highest BCUT2D eigenvalue weighted by atomic mass is 16.4. The van der Waals surface area contributed by atoms with Crippen molar-refractivity contribution in [3.8, 4) is 0 Å². The molecule has 0 atom stereocenters. The van der Waals surface area contributed by atoms with Crippen LogP contribution in [0.5, 0.6) is 0 Å². The number of benzene rings is 1. The number of aromatic nitrogens is 3. The van der Waals surface area contributed by atoms with E-state index in [4.69, 9.17) is 5.11 Å². The summed E-state index contributed by atoms with van der Waals surface area (Å²) in [6, 6.07) is 5.13. The van der Waals surface area contributed by atoms with Crippen LogP contribution in [0.25, 0.3) is 11.0 Å². The molecule has 0 aliphatic heterocycles. The van der Waals surface area contributed by atoms with Gasteiger partial charge in [0.05, 0.1) is 11.1 Å². The maximum atomic E-state index is 11.0. The number of hydrogen-bond donors (Lipinski definition) is 1. The predicted octanol–water partition coefficient (Wildman–Crippen LogP) is 2.32. The Kier molecular flexibility index (Phi) is 3.37. The minimum Gasteiger partial charge on any atom is -0.478 e. The second-order valence-electron chi connectivity index (χ2n) is 4.00. The minimum absolute atomic E-state index is 0.212. The summed E-state index contributed by atoms with van der Waals surface area (Å²) in [6.45, 7) is 2.93. The first-order valence-electron chi connectivity index (χ1n) is 5.79. The average molecular weight is 233 g/mol. The molecule has 1 heterocycles. The SMILES string of the molecule is CCCCCn1nnc2c(C(=O)O)cccc21. The van der Waals surface area contributed by atoms with Crippen molar-refractivity contribution in [1.29, 1.82) is 0 Å². The highest BCUT2D eigenvalue weighted by Crippen LogP contribution is 2.16. The summed E-state index contributed by atoms with van der Waals surface area (Å²) < 4.78 is 1.78. The van der Waals surface area contributed by atoms with Crippen molar-refractivity contribution < 1.29 is 9.90 Å². The van der Waals surface area contributed by atoms with Gasteiger partial charge in [0.1, 0.15) is 5.52 Å². The number of fused-ring (bicyclic) bond motifs is 1. The molecule has 0 aliphatic rings. The van der Waals surface area contributed by atoms with E-state index >= 15 is 0 Å². The zero-order valence-electron chi connectivity index (χ0n) is 9.76. The van der Waals surface area contributed by atoms with Crippen LogP contribution in [0.4, 0.5) is 0 Å². The van der Waals surface area contributed by atoms with E-state index in [9.17, 15) is 4.79 Å². The third-order valence-corrected chi connectivity index (χ3v) is 2.75. The van der Waals surface area contributed by atoms with E-state index in [-0.39, 0.29) is 5.56 Å². The van der Waals surface area contributed by atoms with Crippen molar-refractivity contribution >= 4 is 17.0 Å². The van der Waals surface area contributed by atoms with E-state index in [0.717, 1.165) is 31.3 Å². The van der Waals surface area contributed by atoms with Gasteiger partial charge in [-0.05, 0) is 18.6 Å². The van der Waals surface area contributed by atoms with Crippen LogP contribution in [-0.4, -0.2) is 26.1 Å². The summed E-state index contributed by atoms with van der Waals surface area (Å²) in [5, 5.41) is 17.0. The fraction of sp³-hybridized carbons (Fsp3) is 0.417. The molecule has 2 rings (SSSR count). The molecule has 0 radical (unpaired) electrons. The average Bonchev–Trinajstić information content (AvgIpc) is 2.72. The zero-order chi connectivity index (χ0) is 12.3. The molecule has 5 heteroatoms. The van der Waals surface area contributed by atoms with E-state index in [0.29, 0.717) is 5.52 Å². The Bertz CT molecular complexity index is 534. The van der Waals surface area contributed by atoms with E-state index in [1.165, 1.54) is 0 Å². The topological polar surface area (TPSA) is 68.0 Å². The van der Waals surface area contributed by atoms with Crippen LogP contribution in [-0.2, 0) is 6.54 Å². The maximum Gasteiger partial charge on any atom is 0.338 e.